The number of carbonyl (C=O) groups excluding carboxylic acids is 1. The van der Waals surface area contributed by atoms with E-state index in [0.717, 1.165) is 52.0 Å². The molecule has 1 aliphatic heterocycles. The van der Waals surface area contributed by atoms with Gasteiger partial charge in [0.1, 0.15) is 33.5 Å². The molecule has 0 bridgehead atoms. The average Bonchev–Trinajstić information content (AvgIpc) is 3.46. The fourth-order valence-corrected chi connectivity index (χ4v) is 7.21. The summed E-state index contributed by atoms with van der Waals surface area (Å²) in [4.78, 5) is 31.4. The van der Waals surface area contributed by atoms with E-state index < -0.39 is 63.3 Å². The quantitative estimate of drug-likeness (QED) is 0.220. The monoisotopic (exact) mass is 708 g/mol. The van der Waals surface area contributed by atoms with Crippen LogP contribution in [0.1, 0.15) is 11.3 Å². The predicted octanol–water partition coefficient (Wildman–Crippen LogP) is 2.87. The number of aliphatic hydroxyl groups excluding tert-OH is 1. The second kappa shape index (κ2) is 13.0. The molecule has 0 aliphatic carbocycles. The molecule has 1 amide bonds. The predicted molar refractivity (Wildman–Crippen MR) is 152 cm³/mol. The van der Waals surface area contributed by atoms with E-state index in [1.54, 1.807) is 4.90 Å². The van der Waals surface area contributed by atoms with Gasteiger partial charge >= 0.3 is 12.7 Å². The highest BCUT2D eigenvalue weighted by Crippen LogP contribution is 2.32. The molecule has 21 heteroatoms. The number of alkyl halides is 6. The van der Waals surface area contributed by atoms with Gasteiger partial charge < -0.3 is 24.8 Å². The van der Waals surface area contributed by atoms with E-state index in [2.05, 4.69) is 30.0 Å². The highest BCUT2D eigenvalue weighted by molar-refractivity contribution is 7.89. The summed E-state index contributed by atoms with van der Waals surface area (Å²) in [6.45, 7) is -1.39. The molecule has 5 rings (SSSR count). The number of carbonyl (C=O) groups is 1. The van der Waals surface area contributed by atoms with Crippen molar-refractivity contribution in [2.75, 3.05) is 24.5 Å². The summed E-state index contributed by atoms with van der Waals surface area (Å²) < 4.78 is 111. The van der Waals surface area contributed by atoms with Crippen molar-refractivity contribution in [3.8, 4) is 11.5 Å². The number of piperazine rings is 1. The van der Waals surface area contributed by atoms with E-state index in [0.29, 0.717) is 5.56 Å². The lowest BCUT2D eigenvalue weighted by Gasteiger charge is -2.39. The maximum absolute atomic E-state index is 13.7. The number of rotatable bonds is 9. The van der Waals surface area contributed by atoms with Crippen LogP contribution in [0.3, 0.4) is 0 Å². The lowest BCUT2D eigenvalue weighted by atomic mass is 10.1. The molecule has 0 saturated carbocycles. The number of sulfonamides is 1. The van der Waals surface area contributed by atoms with E-state index in [9.17, 15) is 49.5 Å². The minimum Gasteiger partial charge on any atom is -0.406 e. The number of H-pyrrole nitrogens is 1. The summed E-state index contributed by atoms with van der Waals surface area (Å²) in [6, 6.07) is 6.55. The van der Waals surface area contributed by atoms with Crippen LogP contribution >= 0.6 is 11.3 Å². The first-order chi connectivity index (χ1) is 22.0. The molecule has 2 aromatic carbocycles. The number of amides is 1. The van der Waals surface area contributed by atoms with Crippen LogP contribution in [0.2, 0.25) is 0 Å². The zero-order valence-corrected chi connectivity index (χ0v) is 25.1. The summed E-state index contributed by atoms with van der Waals surface area (Å²) in [5.41, 5.74) is -0.0284. The highest BCUT2D eigenvalue weighted by Gasteiger charge is 2.41. The molecule has 1 fully saturated rings. The first-order valence-electron chi connectivity index (χ1n) is 13.3. The largest absolute Gasteiger partial charge is 0.573 e. The summed E-state index contributed by atoms with van der Waals surface area (Å²) in [7, 11) is -4.50. The number of nitrogens with one attached hydrogen (secondary N) is 2. The minimum atomic E-state index is -5.01. The molecule has 3 N–H and O–H groups in total. The normalized spacial score (nSPS) is 16.3. The number of thiazole rings is 1. The molecule has 1 atom stereocenters. The number of anilines is 1. The number of fused-ring (bicyclic) bond motifs is 1. The zero-order chi connectivity index (χ0) is 34.1. The van der Waals surface area contributed by atoms with Crippen molar-refractivity contribution >= 4 is 42.6 Å². The maximum Gasteiger partial charge on any atom is 0.573 e. The molecule has 0 radical (unpaired) electrons. The fraction of sp³-hybridized carbons (Fsp3) is 0.308. The van der Waals surface area contributed by atoms with Gasteiger partial charge in [0.25, 0.3) is 5.56 Å². The molecule has 3 heterocycles. The number of ether oxygens (including phenoxy) is 2. The summed E-state index contributed by atoms with van der Waals surface area (Å²) >= 11 is 0.923. The molecule has 1 saturated heterocycles. The van der Waals surface area contributed by atoms with Gasteiger partial charge in [0.15, 0.2) is 5.13 Å². The van der Waals surface area contributed by atoms with Gasteiger partial charge in [0, 0.05) is 26.2 Å². The van der Waals surface area contributed by atoms with Gasteiger partial charge in [-0.05, 0) is 42.0 Å². The second-order valence-corrected chi connectivity index (χ2v) is 12.7. The van der Waals surface area contributed by atoms with Crippen molar-refractivity contribution in [2.24, 2.45) is 0 Å². The van der Waals surface area contributed by atoms with Crippen LogP contribution in [0, 0.1) is 0 Å². The van der Waals surface area contributed by atoms with Crippen molar-refractivity contribution in [2.45, 2.75) is 36.8 Å². The molecule has 47 heavy (non-hydrogen) atoms. The Morgan fingerprint density at radius 1 is 1.00 bits per heavy atom. The number of nitrogens with zero attached hydrogens (tertiary/aromatic N) is 4. The Labute approximate surface area is 264 Å². The van der Waals surface area contributed by atoms with Crippen molar-refractivity contribution in [1.29, 1.82) is 0 Å². The van der Waals surface area contributed by atoms with Crippen LogP contribution in [-0.2, 0) is 28.0 Å². The zero-order valence-electron chi connectivity index (χ0n) is 23.5. The van der Waals surface area contributed by atoms with E-state index >= 15 is 0 Å². The van der Waals surface area contributed by atoms with Crippen molar-refractivity contribution in [3.05, 3.63) is 70.1 Å². The number of halogens is 6. The van der Waals surface area contributed by atoms with Gasteiger partial charge in [-0.15, -0.1) is 26.3 Å². The van der Waals surface area contributed by atoms with Gasteiger partial charge in [-0.25, -0.2) is 18.5 Å². The molecule has 0 spiro atoms. The van der Waals surface area contributed by atoms with E-state index in [1.807, 2.05) is 0 Å². The van der Waals surface area contributed by atoms with Gasteiger partial charge in [-0.1, -0.05) is 23.5 Å². The highest BCUT2D eigenvalue weighted by atomic mass is 32.2. The topological polar surface area (TPSA) is 167 Å². The van der Waals surface area contributed by atoms with E-state index in [-0.39, 0.29) is 47.2 Å². The van der Waals surface area contributed by atoms with Gasteiger partial charge in [-0.2, -0.15) is 9.40 Å². The first kappa shape index (κ1) is 33.9. The lowest BCUT2D eigenvalue weighted by molar-refractivity contribution is -0.275. The number of hydrogen-bond donors (Lipinski definition) is 3. The molecule has 0 unspecified atom stereocenters. The van der Waals surface area contributed by atoms with Crippen LogP contribution in [0.25, 0.3) is 10.2 Å². The molecule has 2 aromatic heterocycles. The number of aromatic nitrogens is 3. The first-order valence-corrected chi connectivity index (χ1v) is 15.5. The van der Waals surface area contributed by atoms with Crippen molar-refractivity contribution in [3.63, 3.8) is 0 Å². The Morgan fingerprint density at radius 2 is 1.60 bits per heavy atom. The van der Waals surface area contributed by atoms with Crippen LogP contribution in [-0.4, -0.2) is 77.3 Å². The SMILES string of the molecule is O=C(NCc1ccc(OC(F)(F)F)cc1)[C@H]1CN(c2nc3c(CO)n[nH]c(=O)c3s2)CCN1S(=O)(=O)c1ccc(OC(F)(F)F)cc1. The van der Waals surface area contributed by atoms with E-state index in [1.165, 1.54) is 12.1 Å². The number of aliphatic hydroxyl groups is 1. The maximum atomic E-state index is 13.7. The summed E-state index contributed by atoms with van der Waals surface area (Å²) in [5.74, 6) is -1.97. The Bertz CT molecular complexity index is 1920. The Hall–Kier alpha value is -4.47. The lowest BCUT2D eigenvalue weighted by Crippen LogP contribution is -2.60. The van der Waals surface area contributed by atoms with Gasteiger partial charge in [-0.3, -0.25) is 9.59 Å². The van der Waals surface area contributed by atoms with Crippen LogP contribution in [0.5, 0.6) is 11.5 Å². The number of benzene rings is 2. The fourth-order valence-electron chi connectivity index (χ4n) is 4.63. The number of hydrogen-bond acceptors (Lipinski definition) is 11. The molecular weight excluding hydrogens is 686 g/mol. The Kier molecular flexibility index (Phi) is 9.35. The standard InChI is InChI=1S/C26H22F6N6O7S2/c27-25(28,29)44-15-3-1-14(2-4-15)11-33-22(40)19-12-37(24-34-20-18(13-39)35-36-23(41)21(20)46-24)9-10-38(19)47(42,43)17-7-5-16(6-8-17)45-26(30,31)32/h1-8,19,39H,9-13H2,(H,33,40)(H,36,41)/t19-/m1/s1. The molecule has 1 aliphatic rings. The van der Waals surface area contributed by atoms with Crippen LogP contribution < -0.4 is 25.2 Å². The summed E-state index contributed by atoms with van der Waals surface area (Å²) in [6.07, 6.45) is -9.92. The molecule has 252 valence electrons. The third-order valence-electron chi connectivity index (χ3n) is 6.73. The van der Waals surface area contributed by atoms with E-state index in [4.69, 9.17) is 0 Å². The van der Waals surface area contributed by atoms with Crippen molar-refractivity contribution < 1.29 is 54.1 Å². The van der Waals surface area contributed by atoms with Gasteiger partial charge in [0.05, 0.1) is 11.5 Å². The third kappa shape index (κ3) is 7.92. The molecule has 13 nitrogen and oxygen atoms in total. The molecule has 4 aromatic rings. The number of aromatic amines is 1. The molecular formula is C26H22F6N6O7S2. The van der Waals surface area contributed by atoms with Crippen LogP contribution in [0.15, 0.2) is 58.2 Å². The smallest absolute Gasteiger partial charge is 0.406 e. The average molecular weight is 709 g/mol. The Balaban J connectivity index is 1.41. The van der Waals surface area contributed by atoms with Crippen LogP contribution in [0.4, 0.5) is 31.5 Å². The second-order valence-electron chi connectivity index (χ2n) is 9.84. The third-order valence-corrected chi connectivity index (χ3v) is 9.77. The van der Waals surface area contributed by atoms with Crippen molar-refractivity contribution in [1.82, 2.24) is 24.8 Å². The summed E-state index contributed by atoms with van der Waals surface area (Å²) in [5, 5.41) is 18.4. The van der Waals surface area contributed by atoms with Gasteiger partial charge in [0.2, 0.25) is 15.9 Å². The Morgan fingerprint density at radius 3 is 2.17 bits per heavy atom. The minimum absolute atomic E-state index is 0.0292.